The maximum absolute atomic E-state index is 13.2. The molecule has 0 aliphatic heterocycles. The second-order valence-electron chi connectivity index (χ2n) is 5.72. The van der Waals surface area contributed by atoms with Crippen LogP contribution in [0.1, 0.15) is 21.6 Å². The third-order valence-corrected chi connectivity index (χ3v) is 4.54. The first-order valence-corrected chi connectivity index (χ1v) is 8.70. The Morgan fingerprint density at radius 3 is 2.96 bits per heavy atom. The third kappa shape index (κ3) is 3.60. The van der Waals surface area contributed by atoms with Crippen LogP contribution in [0.2, 0.25) is 0 Å². The molecule has 1 aromatic carbocycles. The maximum atomic E-state index is 13.2. The Morgan fingerprint density at radius 2 is 2.15 bits per heavy atom. The topological polar surface area (TPSA) is 73.8 Å². The molecule has 0 aliphatic rings. The predicted molar refractivity (Wildman–Crippen MR) is 93.4 cm³/mol. The third-order valence-electron chi connectivity index (χ3n) is 3.76. The Hall–Kier alpha value is -3.13. The van der Waals surface area contributed by atoms with E-state index < -0.39 is 0 Å². The van der Waals surface area contributed by atoms with Gasteiger partial charge >= 0.3 is 0 Å². The lowest BCUT2D eigenvalue weighted by molar-refractivity contribution is 0.0984. The summed E-state index contributed by atoms with van der Waals surface area (Å²) in [6.45, 7) is 0.436. The maximum Gasteiger partial charge on any atom is 0.189 e. The van der Waals surface area contributed by atoms with E-state index >= 15 is 0 Å². The second-order valence-corrected chi connectivity index (χ2v) is 6.60. The average molecular weight is 368 g/mol. The summed E-state index contributed by atoms with van der Waals surface area (Å²) in [5, 5.41) is 8.06. The number of aromatic nitrogens is 4. The molecule has 0 bridgehead atoms. The van der Waals surface area contributed by atoms with Gasteiger partial charge in [0.1, 0.15) is 5.82 Å². The minimum Gasteiger partial charge on any atom is -0.355 e. The summed E-state index contributed by atoms with van der Waals surface area (Å²) in [7, 11) is 0. The Morgan fingerprint density at radius 1 is 1.23 bits per heavy atom. The summed E-state index contributed by atoms with van der Waals surface area (Å²) in [6, 6.07) is 7.96. The van der Waals surface area contributed by atoms with Gasteiger partial charge in [0.05, 0.1) is 23.1 Å². The van der Waals surface area contributed by atoms with Crippen LogP contribution >= 0.6 is 11.3 Å². The van der Waals surface area contributed by atoms with E-state index in [1.807, 2.05) is 6.07 Å². The normalized spacial score (nSPS) is 11.0. The Bertz CT molecular complexity index is 1040. The molecule has 3 heterocycles. The number of benzene rings is 1. The molecular weight excluding hydrogens is 355 g/mol. The van der Waals surface area contributed by atoms with E-state index in [2.05, 4.69) is 15.2 Å². The Kier molecular flexibility index (Phi) is 4.40. The second kappa shape index (κ2) is 7.01. The SMILES string of the molecule is O=C(Cc1cnn(Cc2cccc(F)c2)c1)c1cc(-c2cncs2)on1. The van der Waals surface area contributed by atoms with Gasteiger partial charge in [0.2, 0.25) is 0 Å². The van der Waals surface area contributed by atoms with Crippen LogP contribution in [-0.2, 0) is 13.0 Å². The fourth-order valence-corrected chi connectivity index (χ4v) is 3.11. The molecule has 0 aliphatic carbocycles. The number of hydrogen-bond donors (Lipinski definition) is 0. The van der Waals surface area contributed by atoms with E-state index in [4.69, 9.17) is 4.52 Å². The van der Waals surface area contributed by atoms with Crippen molar-refractivity contribution >= 4 is 17.1 Å². The van der Waals surface area contributed by atoms with E-state index in [0.29, 0.717) is 12.3 Å². The van der Waals surface area contributed by atoms with Gasteiger partial charge in [-0.3, -0.25) is 14.5 Å². The summed E-state index contributed by atoms with van der Waals surface area (Å²) in [5.41, 5.74) is 3.52. The lowest BCUT2D eigenvalue weighted by Gasteiger charge is -2.01. The first kappa shape index (κ1) is 16.3. The highest BCUT2D eigenvalue weighted by atomic mass is 32.1. The zero-order valence-electron chi connectivity index (χ0n) is 13.5. The van der Waals surface area contributed by atoms with Crippen molar-refractivity contribution in [3.63, 3.8) is 0 Å². The van der Waals surface area contributed by atoms with Crippen LogP contribution in [-0.4, -0.2) is 25.7 Å². The van der Waals surface area contributed by atoms with Crippen molar-refractivity contribution in [1.82, 2.24) is 19.9 Å². The summed E-state index contributed by atoms with van der Waals surface area (Å²) in [6.07, 6.45) is 5.22. The number of carbonyl (C=O) groups is 1. The molecule has 0 amide bonds. The molecule has 4 rings (SSSR count). The van der Waals surface area contributed by atoms with Crippen molar-refractivity contribution in [3.8, 4) is 10.6 Å². The molecule has 0 atom stereocenters. The quantitative estimate of drug-likeness (QED) is 0.486. The molecule has 8 heteroatoms. The minimum atomic E-state index is -0.284. The molecule has 0 saturated heterocycles. The van der Waals surface area contributed by atoms with Crippen molar-refractivity contribution in [2.24, 2.45) is 0 Å². The van der Waals surface area contributed by atoms with Gasteiger partial charge in [0.25, 0.3) is 0 Å². The van der Waals surface area contributed by atoms with Gasteiger partial charge in [-0.1, -0.05) is 17.3 Å². The minimum absolute atomic E-state index is 0.158. The van der Waals surface area contributed by atoms with E-state index in [1.165, 1.54) is 23.5 Å². The van der Waals surface area contributed by atoms with Crippen LogP contribution in [0.15, 0.2) is 59.0 Å². The van der Waals surface area contributed by atoms with Gasteiger partial charge < -0.3 is 4.52 Å². The lowest BCUT2D eigenvalue weighted by Crippen LogP contribution is -2.03. The van der Waals surface area contributed by atoms with Crippen molar-refractivity contribution < 1.29 is 13.7 Å². The van der Waals surface area contributed by atoms with Crippen LogP contribution in [0, 0.1) is 5.82 Å². The molecular formula is C18H13FN4O2S. The van der Waals surface area contributed by atoms with Crippen LogP contribution in [0.4, 0.5) is 4.39 Å². The highest BCUT2D eigenvalue weighted by Crippen LogP contribution is 2.24. The Labute approximate surface area is 151 Å². The fraction of sp³-hybridized carbons (Fsp3) is 0.111. The molecule has 0 radical (unpaired) electrons. The predicted octanol–water partition coefficient (Wildman–Crippen LogP) is 3.61. The van der Waals surface area contributed by atoms with E-state index in [-0.39, 0.29) is 23.7 Å². The number of thiazole rings is 1. The number of nitrogens with zero attached hydrogens (tertiary/aromatic N) is 4. The van der Waals surface area contributed by atoms with Gasteiger partial charge in [-0.15, -0.1) is 11.3 Å². The van der Waals surface area contributed by atoms with E-state index in [0.717, 1.165) is 16.0 Å². The average Bonchev–Trinajstić information content (AvgIpc) is 3.36. The van der Waals surface area contributed by atoms with Gasteiger partial charge in [-0.05, 0) is 23.3 Å². The zero-order chi connectivity index (χ0) is 17.9. The van der Waals surface area contributed by atoms with Crippen molar-refractivity contribution in [3.05, 3.63) is 77.1 Å². The van der Waals surface area contributed by atoms with E-state index in [9.17, 15) is 9.18 Å². The van der Waals surface area contributed by atoms with Crippen LogP contribution in [0.25, 0.3) is 10.6 Å². The van der Waals surface area contributed by atoms with Crippen molar-refractivity contribution in [2.45, 2.75) is 13.0 Å². The molecule has 0 saturated carbocycles. The first-order valence-electron chi connectivity index (χ1n) is 7.82. The lowest BCUT2D eigenvalue weighted by atomic mass is 10.1. The molecule has 6 nitrogen and oxygen atoms in total. The Balaban J connectivity index is 1.43. The molecule has 0 N–H and O–H groups in total. The standard InChI is InChI=1S/C18H13FN4O2S/c19-14-3-1-2-12(4-14)9-23-10-13(7-21-23)5-16(24)15-6-17(25-22-15)18-8-20-11-26-18/h1-4,6-8,10-11H,5,9H2. The monoisotopic (exact) mass is 368 g/mol. The summed E-state index contributed by atoms with van der Waals surface area (Å²) < 4.78 is 20.1. The van der Waals surface area contributed by atoms with Gasteiger partial charge in [0, 0.05) is 24.9 Å². The van der Waals surface area contributed by atoms with Gasteiger partial charge in [0.15, 0.2) is 17.2 Å². The first-order chi connectivity index (χ1) is 12.7. The summed E-state index contributed by atoms with van der Waals surface area (Å²) in [4.78, 5) is 17.2. The van der Waals surface area contributed by atoms with Crippen LogP contribution in [0.5, 0.6) is 0 Å². The van der Waals surface area contributed by atoms with Crippen LogP contribution < -0.4 is 0 Å². The number of halogens is 1. The molecule has 4 aromatic rings. The van der Waals surface area contributed by atoms with Crippen molar-refractivity contribution in [2.75, 3.05) is 0 Å². The number of carbonyl (C=O) groups excluding carboxylic acids is 1. The zero-order valence-corrected chi connectivity index (χ0v) is 14.3. The van der Waals surface area contributed by atoms with Gasteiger partial charge in [-0.25, -0.2) is 4.39 Å². The molecule has 130 valence electrons. The number of hydrogen-bond acceptors (Lipinski definition) is 6. The van der Waals surface area contributed by atoms with Crippen molar-refractivity contribution in [1.29, 1.82) is 0 Å². The molecule has 0 spiro atoms. The number of rotatable bonds is 6. The number of Topliss-reactive ketones (excluding diaryl/α,β-unsaturated/α-hetero) is 1. The smallest absolute Gasteiger partial charge is 0.189 e. The highest BCUT2D eigenvalue weighted by Gasteiger charge is 2.16. The molecule has 0 fully saturated rings. The molecule has 26 heavy (non-hydrogen) atoms. The highest BCUT2D eigenvalue weighted by molar-refractivity contribution is 7.13. The number of ketones is 1. The fourth-order valence-electron chi connectivity index (χ4n) is 2.54. The molecule has 0 unspecified atom stereocenters. The van der Waals surface area contributed by atoms with Gasteiger partial charge in [-0.2, -0.15) is 5.10 Å². The summed E-state index contributed by atoms with van der Waals surface area (Å²) in [5.74, 6) is 0.0836. The largest absolute Gasteiger partial charge is 0.355 e. The summed E-state index contributed by atoms with van der Waals surface area (Å²) >= 11 is 1.41. The van der Waals surface area contributed by atoms with Crippen LogP contribution in [0.3, 0.4) is 0 Å². The van der Waals surface area contributed by atoms with E-state index in [1.54, 1.807) is 40.9 Å². The molecule has 3 aromatic heterocycles.